The van der Waals surface area contributed by atoms with E-state index in [2.05, 4.69) is 25.5 Å². The highest BCUT2D eigenvalue weighted by molar-refractivity contribution is 5.39. The molecule has 24 heavy (non-hydrogen) atoms. The number of aromatic nitrogens is 4. The van der Waals surface area contributed by atoms with Gasteiger partial charge >= 0.3 is 5.69 Å². The minimum absolute atomic E-state index is 0.0659. The van der Waals surface area contributed by atoms with Crippen LogP contribution in [0.25, 0.3) is 0 Å². The van der Waals surface area contributed by atoms with Crippen LogP contribution in [-0.4, -0.2) is 56.4 Å². The lowest BCUT2D eigenvalue weighted by Crippen LogP contribution is -2.44. The Morgan fingerprint density at radius 1 is 1.46 bits per heavy atom. The first-order valence-electron chi connectivity index (χ1n) is 7.89. The minimum atomic E-state index is -0.398. The topological polar surface area (TPSA) is 115 Å². The maximum absolute atomic E-state index is 11.0. The molecule has 2 aromatic heterocycles. The van der Waals surface area contributed by atoms with Crippen molar-refractivity contribution in [2.24, 2.45) is 0 Å². The molecule has 0 spiro atoms. The van der Waals surface area contributed by atoms with Crippen molar-refractivity contribution < 1.29 is 9.45 Å². The van der Waals surface area contributed by atoms with Gasteiger partial charge in [0.2, 0.25) is 5.89 Å². The number of piperazine rings is 1. The van der Waals surface area contributed by atoms with Gasteiger partial charge in [0.25, 0.3) is 0 Å². The molecule has 1 fully saturated rings. The summed E-state index contributed by atoms with van der Waals surface area (Å²) >= 11 is 0. The van der Waals surface area contributed by atoms with Crippen LogP contribution in [-0.2, 0) is 13.0 Å². The molecule has 1 unspecified atom stereocenters. The van der Waals surface area contributed by atoms with Crippen molar-refractivity contribution in [3.05, 3.63) is 33.2 Å². The second-order valence-electron chi connectivity index (χ2n) is 6.00. The molecule has 0 radical (unpaired) electrons. The quantitative estimate of drug-likeness (QED) is 0.624. The molecule has 1 aliphatic rings. The van der Waals surface area contributed by atoms with E-state index in [4.69, 9.17) is 4.52 Å². The van der Waals surface area contributed by atoms with Crippen LogP contribution in [0.15, 0.2) is 4.52 Å². The highest BCUT2D eigenvalue weighted by Crippen LogP contribution is 2.22. The first kappa shape index (κ1) is 16.5. The molecule has 2 aromatic rings. The lowest BCUT2D eigenvalue weighted by Gasteiger charge is -2.30. The van der Waals surface area contributed by atoms with Gasteiger partial charge in [-0.15, -0.1) is 0 Å². The predicted molar refractivity (Wildman–Crippen MR) is 84.6 cm³/mol. The molecule has 3 heterocycles. The normalized spacial score (nSPS) is 18.9. The molecule has 0 aromatic carbocycles. The molecule has 10 nitrogen and oxygen atoms in total. The van der Waals surface area contributed by atoms with Crippen molar-refractivity contribution in [2.75, 3.05) is 26.7 Å². The molecule has 10 heteroatoms. The molecule has 1 N–H and O–H groups in total. The molecule has 130 valence electrons. The molecule has 1 aliphatic heterocycles. The maximum Gasteiger partial charge on any atom is 0.312 e. The van der Waals surface area contributed by atoms with Gasteiger partial charge in [0.05, 0.1) is 17.5 Å². The van der Waals surface area contributed by atoms with Crippen LogP contribution in [0, 0.1) is 24.0 Å². The Morgan fingerprint density at radius 2 is 2.25 bits per heavy atom. The Morgan fingerprint density at radius 3 is 2.92 bits per heavy atom. The fourth-order valence-electron chi connectivity index (χ4n) is 2.97. The summed E-state index contributed by atoms with van der Waals surface area (Å²) in [6.45, 7) is 6.47. The SMILES string of the molecule is Cc1nn(CCc2nc(C3CNCCN3C)no2)c(C)c1[N+](=O)[O-]. The summed E-state index contributed by atoms with van der Waals surface area (Å²) in [5.74, 6) is 1.18. The van der Waals surface area contributed by atoms with Crippen molar-refractivity contribution in [3.63, 3.8) is 0 Å². The summed E-state index contributed by atoms with van der Waals surface area (Å²) in [7, 11) is 2.04. The van der Waals surface area contributed by atoms with Crippen molar-refractivity contribution in [2.45, 2.75) is 32.9 Å². The second-order valence-corrected chi connectivity index (χ2v) is 6.00. The number of nitrogens with one attached hydrogen (secondary N) is 1. The van der Waals surface area contributed by atoms with Crippen LogP contribution in [0.4, 0.5) is 5.69 Å². The van der Waals surface area contributed by atoms with Crippen molar-refractivity contribution in [1.82, 2.24) is 30.1 Å². The minimum Gasteiger partial charge on any atom is -0.339 e. The Balaban J connectivity index is 1.68. The molecule has 0 bridgehead atoms. The Hall–Kier alpha value is -2.33. The lowest BCUT2D eigenvalue weighted by atomic mass is 10.2. The van der Waals surface area contributed by atoms with E-state index in [0.29, 0.717) is 36.1 Å². The van der Waals surface area contributed by atoms with Gasteiger partial charge in [0.1, 0.15) is 11.4 Å². The van der Waals surface area contributed by atoms with Gasteiger partial charge in [-0.2, -0.15) is 10.1 Å². The van der Waals surface area contributed by atoms with E-state index in [1.165, 1.54) is 0 Å². The summed E-state index contributed by atoms with van der Waals surface area (Å²) in [6, 6.07) is 0.103. The van der Waals surface area contributed by atoms with Gasteiger partial charge < -0.3 is 9.84 Å². The number of nitrogens with zero attached hydrogens (tertiary/aromatic N) is 6. The maximum atomic E-state index is 11.0. The molecular weight excluding hydrogens is 314 g/mol. The molecule has 1 atom stereocenters. The van der Waals surface area contributed by atoms with E-state index in [1.54, 1.807) is 18.5 Å². The van der Waals surface area contributed by atoms with Crippen molar-refractivity contribution >= 4 is 5.69 Å². The average molecular weight is 335 g/mol. The van der Waals surface area contributed by atoms with Gasteiger partial charge in [-0.05, 0) is 20.9 Å². The van der Waals surface area contributed by atoms with Crippen LogP contribution in [0.5, 0.6) is 0 Å². The van der Waals surface area contributed by atoms with Crippen molar-refractivity contribution in [1.29, 1.82) is 0 Å². The number of likely N-dealkylation sites (N-methyl/N-ethyl adjacent to an activating group) is 1. The first-order chi connectivity index (χ1) is 11.5. The van der Waals surface area contributed by atoms with E-state index in [9.17, 15) is 10.1 Å². The summed E-state index contributed by atoms with van der Waals surface area (Å²) in [6.07, 6.45) is 0.482. The molecular formula is C14H21N7O3. The van der Waals surface area contributed by atoms with Gasteiger partial charge in [0.15, 0.2) is 5.82 Å². The number of rotatable bonds is 5. The van der Waals surface area contributed by atoms with Crippen LogP contribution in [0.3, 0.4) is 0 Å². The zero-order valence-electron chi connectivity index (χ0n) is 14.0. The van der Waals surface area contributed by atoms with E-state index >= 15 is 0 Å². The highest BCUT2D eigenvalue weighted by Gasteiger charge is 2.26. The zero-order chi connectivity index (χ0) is 17.3. The van der Waals surface area contributed by atoms with Gasteiger partial charge in [0, 0.05) is 26.1 Å². The summed E-state index contributed by atoms with van der Waals surface area (Å²) in [5, 5.41) is 22.6. The standard InChI is InChI=1S/C14H21N7O3/c1-9-13(21(22)23)10(2)20(17-9)6-4-12-16-14(18-24-12)11-8-15-5-7-19(11)3/h11,15H,4-8H2,1-3H3. The third-order valence-corrected chi connectivity index (χ3v) is 4.36. The molecule has 0 amide bonds. The second kappa shape index (κ2) is 6.65. The number of hydrogen-bond donors (Lipinski definition) is 1. The average Bonchev–Trinajstić information content (AvgIpc) is 3.10. The highest BCUT2D eigenvalue weighted by atomic mass is 16.6. The van der Waals surface area contributed by atoms with Gasteiger partial charge in [-0.3, -0.25) is 19.7 Å². The molecule has 3 rings (SSSR count). The van der Waals surface area contributed by atoms with Crippen LogP contribution >= 0.6 is 0 Å². The fraction of sp³-hybridized carbons (Fsp3) is 0.643. The Kier molecular flexibility index (Phi) is 4.58. The van der Waals surface area contributed by atoms with Crippen LogP contribution in [0.1, 0.15) is 29.1 Å². The third kappa shape index (κ3) is 3.15. The first-order valence-corrected chi connectivity index (χ1v) is 7.89. The van der Waals surface area contributed by atoms with E-state index in [0.717, 1.165) is 19.6 Å². The number of hydrogen-bond acceptors (Lipinski definition) is 8. The largest absolute Gasteiger partial charge is 0.339 e. The number of aryl methyl sites for hydroxylation is 3. The van der Waals surface area contributed by atoms with Crippen LogP contribution in [0.2, 0.25) is 0 Å². The Labute approximate surface area is 139 Å². The summed E-state index contributed by atoms with van der Waals surface area (Å²) in [5.41, 5.74) is 1.02. The molecule has 0 saturated carbocycles. The smallest absolute Gasteiger partial charge is 0.312 e. The number of nitro groups is 1. The van der Waals surface area contributed by atoms with E-state index in [1.807, 2.05) is 7.05 Å². The van der Waals surface area contributed by atoms with Crippen LogP contribution < -0.4 is 5.32 Å². The lowest BCUT2D eigenvalue weighted by molar-refractivity contribution is -0.386. The predicted octanol–water partition coefficient (Wildman–Crippen LogP) is 0.610. The zero-order valence-corrected chi connectivity index (χ0v) is 14.0. The third-order valence-electron chi connectivity index (χ3n) is 4.36. The van der Waals surface area contributed by atoms with Gasteiger partial charge in [-0.1, -0.05) is 5.16 Å². The summed E-state index contributed by atoms with van der Waals surface area (Å²) in [4.78, 5) is 17.3. The molecule has 1 saturated heterocycles. The molecule has 0 aliphatic carbocycles. The Bertz CT molecular complexity index is 739. The van der Waals surface area contributed by atoms with Gasteiger partial charge in [-0.25, -0.2) is 0 Å². The van der Waals surface area contributed by atoms with Crippen molar-refractivity contribution in [3.8, 4) is 0 Å². The van der Waals surface area contributed by atoms with E-state index < -0.39 is 4.92 Å². The van der Waals surface area contributed by atoms with E-state index in [-0.39, 0.29) is 11.7 Å². The fourth-order valence-corrected chi connectivity index (χ4v) is 2.97. The summed E-state index contributed by atoms with van der Waals surface area (Å²) < 4.78 is 6.94. The monoisotopic (exact) mass is 335 g/mol.